The van der Waals surface area contributed by atoms with Crippen molar-refractivity contribution in [1.29, 1.82) is 0 Å². The average molecular weight is 310 g/mol. The van der Waals surface area contributed by atoms with Crippen LogP contribution in [0.5, 0.6) is 0 Å². The van der Waals surface area contributed by atoms with Crippen molar-refractivity contribution in [1.82, 2.24) is 0 Å². The number of ether oxygens (including phenoxy) is 1. The summed E-state index contributed by atoms with van der Waals surface area (Å²) in [6.45, 7) is 5.53. The minimum Gasteiger partial charge on any atom is -0.380 e. The van der Waals surface area contributed by atoms with E-state index < -0.39 is 11.7 Å². The van der Waals surface area contributed by atoms with Gasteiger partial charge in [0.2, 0.25) is 0 Å². The van der Waals surface area contributed by atoms with E-state index in [0.29, 0.717) is 31.9 Å². The molecule has 0 spiro atoms. The first-order valence-electron chi connectivity index (χ1n) is 6.52. The predicted octanol–water partition coefficient (Wildman–Crippen LogP) is 4.31. The summed E-state index contributed by atoms with van der Waals surface area (Å²) in [5.74, 6) is 0.0639. The molecule has 0 aromatic heterocycles. The molecule has 20 heavy (non-hydrogen) atoms. The third-order valence-corrected chi connectivity index (χ3v) is 3.26. The Labute approximate surface area is 122 Å². The molecule has 0 aliphatic rings. The summed E-state index contributed by atoms with van der Waals surface area (Å²) in [7, 11) is 0. The number of nitrogens with zero attached hydrogens (tertiary/aromatic N) is 1. The van der Waals surface area contributed by atoms with Gasteiger partial charge in [0.25, 0.3) is 0 Å². The molecule has 0 unspecified atom stereocenters. The van der Waals surface area contributed by atoms with E-state index in [0.717, 1.165) is 6.07 Å². The first-order valence-corrected chi connectivity index (χ1v) is 7.06. The van der Waals surface area contributed by atoms with Crippen molar-refractivity contribution >= 4 is 17.3 Å². The molecule has 2 nitrogen and oxygen atoms in total. The lowest BCUT2D eigenvalue weighted by atomic mass is 10.1. The third kappa shape index (κ3) is 4.56. The lowest BCUT2D eigenvalue weighted by molar-refractivity contribution is -0.137. The van der Waals surface area contributed by atoms with Crippen LogP contribution in [0.1, 0.15) is 25.0 Å². The van der Waals surface area contributed by atoms with Gasteiger partial charge >= 0.3 is 6.18 Å². The molecular formula is C14H19ClF3NO. The highest BCUT2D eigenvalue weighted by molar-refractivity contribution is 6.17. The number of alkyl halides is 4. The maximum absolute atomic E-state index is 13.1. The predicted molar refractivity (Wildman–Crippen MR) is 75.4 cm³/mol. The summed E-state index contributed by atoms with van der Waals surface area (Å²) in [6, 6.07) is 4.22. The molecule has 0 heterocycles. The molecule has 1 aromatic carbocycles. The van der Waals surface area contributed by atoms with E-state index in [4.69, 9.17) is 16.3 Å². The zero-order valence-corrected chi connectivity index (χ0v) is 12.4. The second-order valence-electron chi connectivity index (χ2n) is 4.26. The maximum Gasteiger partial charge on any atom is 0.418 e. The van der Waals surface area contributed by atoms with Crippen LogP contribution in [0.2, 0.25) is 0 Å². The molecule has 0 N–H and O–H groups in total. The highest BCUT2D eigenvalue weighted by Crippen LogP contribution is 2.37. The Bertz CT molecular complexity index is 423. The van der Waals surface area contributed by atoms with Crippen LogP contribution < -0.4 is 4.90 Å². The van der Waals surface area contributed by atoms with E-state index in [2.05, 4.69) is 0 Å². The first-order chi connectivity index (χ1) is 9.43. The second kappa shape index (κ2) is 7.74. The SMILES string of the molecule is CCOCCN(CC)c1ccc(CCl)cc1C(F)(F)F. The van der Waals surface area contributed by atoms with Crippen LogP contribution in [0.15, 0.2) is 18.2 Å². The number of hydrogen-bond donors (Lipinski definition) is 0. The van der Waals surface area contributed by atoms with Gasteiger partial charge in [0.1, 0.15) is 0 Å². The largest absolute Gasteiger partial charge is 0.418 e. The monoisotopic (exact) mass is 309 g/mol. The molecule has 114 valence electrons. The Morgan fingerprint density at radius 2 is 1.95 bits per heavy atom. The Balaban J connectivity index is 3.07. The molecule has 0 radical (unpaired) electrons. The fourth-order valence-electron chi connectivity index (χ4n) is 1.94. The van der Waals surface area contributed by atoms with Crippen molar-refractivity contribution in [3.63, 3.8) is 0 Å². The van der Waals surface area contributed by atoms with Gasteiger partial charge in [-0.15, -0.1) is 11.6 Å². The number of anilines is 1. The second-order valence-corrected chi connectivity index (χ2v) is 4.53. The number of halogens is 4. The van der Waals surface area contributed by atoms with Gasteiger partial charge < -0.3 is 9.64 Å². The van der Waals surface area contributed by atoms with Crippen molar-refractivity contribution in [2.24, 2.45) is 0 Å². The Hall–Kier alpha value is -0.940. The molecule has 6 heteroatoms. The van der Waals surface area contributed by atoms with Crippen LogP contribution in [-0.4, -0.2) is 26.3 Å². The normalized spacial score (nSPS) is 11.7. The van der Waals surface area contributed by atoms with Gasteiger partial charge in [-0.1, -0.05) is 6.07 Å². The minimum atomic E-state index is -4.39. The highest BCUT2D eigenvalue weighted by Gasteiger charge is 2.34. The molecule has 0 aliphatic carbocycles. The number of rotatable bonds is 7. The van der Waals surface area contributed by atoms with E-state index in [1.807, 2.05) is 13.8 Å². The van der Waals surface area contributed by atoms with Crippen molar-refractivity contribution in [2.75, 3.05) is 31.2 Å². The molecule has 0 saturated carbocycles. The highest BCUT2D eigenvalue weighted by atomic mass is 35.5. The van der Waals surface area contributed by atoms with Crippen LogP contribution in [0, 0.1) is 0 Å². The van der Waals surface area contributed by atoms with E-state index in [9.17, 15) is 13.2 Å². The average Bonchev–Trinajstić information content (AvgIpc) is 2.42. The van der Waals surface area contributed by atoms with Crippen molar-refractivity contribution in [3.8, 4) is 0 Å². The Morgan fingerprint density at radius 1 is 1.25 bits per heavy atom. The molecule has 0 fully saturated rings. The summed E-state index contributed by atoms with van der Waals surface area (Å²) >= 11 is 5.62. The molecule has 0 aliphatic heterocycles. The van der Waals surface area contributed by atoms with E-state index in [1.54, 1.807) is 11.0 Å². The standard InChI is InChI=1S/C14H19ClF3NO/c1-3-19(7-8-20-4-2)13-6-5-11(10-15)9-12(13)14(16,17)18/h5-6,9H,3-4,7-8,10H2,1-2H3. The lowest BCUT2D eigenvalue weighted by Gasteiger charge is -2.26. The van der Waals surface area contributed by atoms with Crippen molar-refractivity contribution in [2.45, 2.75) is 25.9 Å². The number of likely N-dealkylation sites (N-methyl/N-ethyl adjacent to an activating group) is 1. The molecule has 0 saturated heterocycles. The first kappa shape index (κ1) is 17.1. The Kier molecular flexibility index (Phi) is 6.62. The summed E-state index contributed by atoms with van der Waals surface area (Å²) in [5.41, 5.74) is -0.00817. The van der Waals surface area contributed by atoms with Crippen LogP contribution in [0.4, 0.5) is 18.9 Å². The summed E-state index contributed by atoms with van der Waals surface area (Å²) in [5, 5.41) is 0. The third-order valence-electron chi connectivity index (χ3n) is 2.95. The topological polar surface area (TPSA) is 12.5 Å². The zero-order valence-electron chi connectivity index (χ0n) is 11.6. The van der Waals surface area contributed by atoms with Gasteiger partial charge in [-0.3, -0.25) is 0 Å². The molecule has 1 aromatic rings. The maximum atomic E-state index is 13.1. The summed E-state index contributed by atoms with van der Waals surface area (Å²) < 4.78 is 44.7. The molecule has 0 atom stereocenters. The van der Waals surface area contributed by atoms with Crippen LogP contribution >= 0.6 is 11.6 Å². The van der Waals surface area contributed by atoms with Crippen molar-refractivity contribution in [3.05, 3.63) is 29.3 Å². The van der Waals surface area contributed by atoms with E-state index >= 15 is 0 Å². The summed E-state index contributed by atoms with van der Waals surface area (Å²) in [4.78, 5) is 1.66. The molecular weight excluding hydrogens is 291 g/mol. The lowest BCUT2D eigenvalue weighted by Crippen LogP contribution is -2.29. The zero-order chi connectivity index (χ0) is 15.2. The van der Waals surface area contributed by atoms with Gasteiger partial charge in [-0.25, -0.2) is 0 Å². The molecule has 1 rings (SSSR count). The Morgan fingerprint density at radius 3 is 2.45 bits per heavy atom. The fraction of sp³-hybridized carbons (Fsp3) is 0.571. The summed E-state index contributed by atoms with van der Waals surface area (Å²) in [6.07, 6.45) is -4.39. The fourth-order valence-corrected chi connectivity index (χ4v) is 2.10. The van der Waals surface area contributed by atoms with Crippen LogP contribution in [0.25, 0.3) is 0 Å². The quantitative estimate of drug-likeness (QED) is 0.550. The molecule has 0 bridgehead atoms. The van der Waals surface area contributed by atoms with Gasteiger partial charge in [0.15, 0.2) is 0 Å². The van der Waals surface area contributed by atoms with E-state index in [1.165, 1.54) is 6.07 Å². The smallest absolute Gasteiger partial charge is 0.380 e. The van der Waals surface area contributed by atoms with Gasteiger partial charge in [-0.2, -0.15) is 13.2 Å². The van der Waals surface area contributed by atoms with E-state index in [-0.39, 0.29) is 11.6 Å². The van der Waals surface area contributed by atoms with Gasteiger partial charge in [0, 0.05) is 31.3 Å². The van der Waals surface area contributed by atoms with Crippen LogP contribution in [0.3, 0.4) is 0 Å². The number of benzene rings is 1. The molecule has 0 amide bonds. The minimum absolute atomic E-state index is 0.0639. The van der Waals surface area contributed by atoms with Gasteiger partial charge in [0.05, 0.1) is 12.2 Å². The van der Waals surface area contributed by atoms with Crippen LogP contribution in [-0.2, 0) is 16.8 Å². The van der Waals surface area contributed by atoms with Gasteiger partial charge in [-0.05, 0) is 31.5 Å². The van der Waals surface area contributed by atoms with Crippen molar-refractivity contribution < 1.29 is 17.9 Å². The number of hydrogen-bond acceptors (Lipinski definition) is 2.